The van der Waals surface area contributed by atoms with Crippen LogP contribution in [0.25, 0.3) is 0 Å². The first kappa shape index (κ1) is 15.7. The van der Waals surface area contributed by atoms with Crippen molar-refractivity contribution in [1.82, 2.24) is 5.32 Å². The van der Waals surface area contributed by atoms with Crippen LogP contribution in [0.3, 0.4) is 0 Å². The molecule has 0 amide bonds. The Labute approximate surface area is 130 Å². The number of ether oxygens (including phenoxy) is 2. The van der Waals surface area contributed by atoms with Crippen LogP contribution in [-0.2, 0) is 6.54 Å². The molecule has 2 aromatic rings. The van der Waals surface area contributed by atoms with Gasteiger partial charge in [0.05, 0.1) is 0 Å². The van der Waals surface area contributed by atoms with Crippen LogP contribution >= 0.6 is 11.6 Å². The van der Waals surface area contributed by atoms with Gasteiger partial charge in [0.2, 0.25) is 0 Å². The third-order valence-corrected chi connectivity index (χ3v) is 3.30. The SMILES string of the molecule is CNCc1ccc(OCCOc2cc(Cl)ccc2C)cc1. The Morgan fingerprint density at radius 3 is 2.43 bits per heavy atom. The minimum absolute atomic E-state index is 0.486. The molecule has 0 fully saturated rings. The zero-order valence-electron chi connectivity index (χ0n) is 12.4. The van der Waals surface area contributed by atoms with Crippen molar-refractivity contribution in [3.63, 3.8) is 0 Å². The maximum absolute atomic E-state index is 5.95. The van der Waals surface area contributed by atoms with Crippen LogP contribution in [-0.4, -0.2) is 20.3 Å². The molecule has 0 atom stereocenters. The number of aryl methyl sites for hydroxylation is 1. The first-order valence-electron chi connectivity index (χ1n) is 6.94. The molecule has 2 rings (SSSR count). The maximum Gasteiger partial charge on any atom is 0.123 e. The van der Waals surface area contributed by atoms with E-state index >= 15 is 0 Å². The monoisotopic (exact) mass is 305 g/mol. The van der Waals surface area contributed by atoms with E-state index in [0.717, 1.165) is 23.6 Å². The van der Waals surface area contributed by atoms with E-state index in [-0.39, 0.29) is 0 Å². The summed E-state index contributed by atoms with van der Waals surface area (Å²) < 4.78 is 11.3. The van der Waals surface area contributed by atoms with Gasteiger partial charge in [0, 0.05) is 11.6 Å². The highest BCUT2D eigenvalue weighted by atomic mass is 35.5. The summed E-state index contributed by atoms with van der Waals surface area (Å²) in [5, 5.41) is 3.79. The standard InChI is InChI=1S/C17H20ClNO2/c1-13-3-6-15(18)11-17(13)21-10-9-20-16-7-4-14(5-8-16)12-19-2/h3-8,11,19H,9-10,12H2,1-2H3. The normalized spacial score (nSPS) is 10.4. The molecule has 0 heterocycles. The third-order valence-electron chi connectivity index (χ3n) is 3.06. The quantitative estimate of drug-likeness (QED) is 0.789. The van der Waals surface area contributed by atoms with Crippen molar-refractivity contribution in [1.29, 1.82) is 0 Å². The minimum atomic E-state index is 0.486. The molecule has 4 heteroatoms. The van der Waals surface area contributed by atoms with Crippen LogP contribution in [0.4, 0.5) is 0 Å². The molecule has 0 radical (unpaired) electrons. The van der Waals surface area contributed by atoms with Crippen LogP contribution in [0.1, 0.15) is 11.1 Å². The Kier molecular flexibility index (Phi) is 5.90. The number of hydrogen-bond acceptors (Lipinski definition) is 3. The van der Waals surface area contributed by atoms with E-state index in [9.17, 15) is 0 Å². The molecule has 2 aromatic carbocycles. The van der Waals surface area contributed by atoms with Crippen LogP contribution in [0.15, 0.2) is 42.5 Å². The number of halogens is 1. The fraction of sp³-hybridized carbons (Fsp3) is 0.294. The summed E-state index contributed by atoms with van der Waals surface area (Å²) >= 11 is 5.95. The van der Waals surface area contributed by atoms with Crippen LogP contribution < -0.4 is 14.8 Å². The van der Waals surface area contributed by atoms with Gasteiger partial charge in [0.1, 0.15) is 24.7 Å². The van der Waals surface area contributed by atoms with Gasteiger partial charge in [-0.1, -0.05) is 29.8 Å². The smallest absolute Gasteiger partial charge is 0.123 e. The minimum Gasteiger partial charge on any atom is -0.490 e. The summed E-state index contributed by atoms with van der Waals surface area (Å²) in [6.07, 6.45) is 0. The Hall–Kier alpha value is -1.71. The van der Waals surface area contributed by atoms with Gasteiger partial charge in [-0.3, -0.25) is 0 Å². The van der Waals surface area contributed by atoms with Crippen molar-refractivity contribution in [2.45, 2.75) is 13.5 Å². The largest absolute Gasteiger partial charge is 0.490 e. The lowest BCUT2D eigenvalue weighted by molar-refractivity contribution is 0.216. The van der Waals surface area contributed by atoms with Gasteiger partial charge >= 0.3 is 0 Å². The second-order valence-corrected chi connectivity index (χ2v) is 5.22. The zero-order chi connectivity index (χ0) is 15.1. The van der Waals surface area contributed by atoms with Gasteiger partial charge in [-0.25, -0.2) is 0 Å². The van der Waals surface area contributed by atoms with E-state index in [1.165, 1.54) is 5.56 Å². The van der Waals surface area contributed by atoms with Gasteiger partial charge in [0.15, 0.2) is 0 Å². The number of hydrogen-bond donors (Lipinski definition) is 1. The molecule has 0 aliphatic rings. The first-order chi connectivity index (χ1) is 10.2. The number of rotatable bonds is 7. The molecule has 21 heavy (non-hydrogen) atoms. The second-order valence-electron chi connectivity index (χ2n) is 4.78. The Bertz CT molecular complexity index is 570. The molecule has 0 saturated carbocycles. The Morgan fingerprint density at radius 1 is 1.00 bits per heavy atom. The number of nitrogens with one attached hydrogen (secondary N) is 1. The zero-order valence-corrected chi connectivity index (χ0v) is 13.1. The Balaban J connectivity index is 1.77. The van der Waals surface area contributed by atoms with Crippen molar-refractivity contribution < 1.29 is 9.47 Å². The lowest BCUT2D eigenvalue weighted by Crippen LogP contribution is -2.10. The molecule has 0 aliphatic carbocycles. The van der Waals surface area contributed by atoms with Gasteiger partial charge in [-0.05, 0) is 49.4 Å². The van der Waals surface area contributed by atoms with Gasteiger partial charge in [0.25, 0.3) is 0 Å². The average molecular weight is 306 g/mol. The maximum atomic E-state index is 5.95. The molecule has 3 nitrogen and oxygen atoms in total. The summed E-state index contributed by atoms with van der Waals surface area (Å²) in [5.41, 5.74) is 2.30. The molecule has 0 unspecified atom stereocenters. The van der Waals surface area contributed by atoms with Crippen LogP contribution in [0.5, 0.6) is 11.5 Å². The van der Waals surface area contributed by atoms with E-state index in [4.69, 9.17) is 21.1 Å². The average Bonchev–Trinajstić information content (AvgIpc) is 2.49. The van der Waals surface area contributed by atoms with Gasteiger partial charge < -0.3 is 14.8 Å². The van der Waals surface area contributed by atoms with Gasteiger partial charge in [-0.15, -0.1) is 0 Å². The second kappa shape index (κ2) is 7.91. The van der Waals surface area contributed by atoms with Crippen molar-refractivity contribution in [3.05, 3.63) is 58.6 Å². The highest BCUT2D eigenvalue weighted by Crippen LogP contribution is 2.22. The molecule has 0 bridgehead atoms. The van der Waals surface area contributed by atoms with Crippen molar-refractivity contribution in [3.8, 4) is 11.5 Å². The molecule has 0 aromatic heterocycles. The van der Waals surface area contributed by atoms with E-state index < -0.39 is 0 Å². The topological polar surface area (TPSA) is 30.5 Å². The third kappa shape index (κ3) is 4.96. The molecule has 112 valence electrons. The molecular weight excluding hydrogens is 286 g/mol. The summed E-state index contributed by atoms with van der Waals surface area (Å²) in [6.45, 7) is 3.83. The highest BCUT2D eigenvalue weighted by molar-refractivity contribution is 6.30. The lowest BCUT2D eigenvalue weighted by Gasteiger charge is -2.11. The molecule has 0 aliphatic heterocycles. The number of benzene rings is 2. The lowest BCUT2D eigenvalue weighted by atomic mass is 10.2. The van der Waals surface area contributed by atoms with Crippen molar-refractivity contribution >= 4 is 11.6 Å². The predicted octanol–water partition coefficient (Wildman–Crippen LogP) is 3.83. The fourth-order valence-electron chi connectivity index (χ4n) is 1.95. The highest BCUT2D eigenvalue weighted by Gasteiger charge is 2.01. The first-order valence-corrected chi connectivity index (χ1v) is 7.32. The van der Waals surface area contributed by atoms with E-state index in [1.807, 2.05) is 56.4 Å². The summed E-state index contributed by atoms with van der Waals surface area (Å²) in [5.74, 6) is 1.65. The van der Waals surface area contributed by atoms with E-state index in [2.05, 4.69) is 5.32 Å². The Morgan fingerprint density at radius 2 is 1.71 bits per heavy atom. The van der Waals surface area contributed by atoms with Gasteiger partial charge in [-0.2, -0.15) is 0 Å². The summed E-state index contributed by atoms with van der Waals surface area (Å²) in [4.78, 5) is 0. The molecule has 0 spiro atoms. The fourth-order valence-corrected chi connectivity index (χ4v) is 2.11. The van der Waals surface area contributed by atoms with Crippen LogP contribution in [0.2, 0.25) is 5.02 Å². The van der Waals surface area contributed by atoms with Crippen molar-refractivity contribution in [2.24, 2.45) is 0 Å². The van der Waals surface area contributed by atoms with Crippen molar-refractivity contribution in [2.75, 3.05) is 20.3 Å². The van der Waals surface area contributed by atoms with E-state index in [1.54, 1.807) is 0 Å². The molecule has 1 N–H and O–H groups in total. The summed E-state index contributed by atoms with van der Waals surface area (Å²) in [7, 11) is 1.93. The van der Waals surface area contributed by atoms with Crippen LogP contribution in [0, 0.1) is 6.92 Å². The van der Waals surface area contributed by atoms with E-state index in [0.29, 0.717) is 18.2 Å². The summed E-state index contributed by atoms with van der Waals surface area (Å²) in [6, 6.07) is 13.7. The predicted molar refractivity (Wildman–Crippen MR) is 86.4 cm³/mol. The molecular formula is C17H20ClNO2. The molecule has 0 saturated heterocycles.